The van der Waals surface area contributed by atoms with E-state index in [-0.39, 0.29) is 12.5 Å². The van der Waals surface area contributed by atoms with Crippen molar-refractivity contribution >= 4 is 12.0 Å². The van der Waals surface area contributed by atoms with Crippen molar-refractivity contribution in [2.45, 2.75) is 38.5 Å². The molecule has 0 spiro atoms. The molecule has 2 aliphatic rings. The number of amides is 2. The van der Waals surface area contributed by atoms with Crippen LogP contribution in [0, 0.1) is 17.8 Å². The summed E-state index contributed by atoms with van der Waals surface area (Å²) in [5.74, 6) is 1.59. The molecule has 0 aromatic carbocycles. The first-order chi connectivity index (χ1) is 9.06. The molecule has 2 rings (SSSR count). The van der Waals surface area contributed by atoms with Crippen LogP contribution >= 0.6 is 0 Å². The van der Waals surface area contributed by atoms with E-state index in [0.717, 1.165) is 18.4 Å². The van der Waals surface area contributed by atoms with Crippen molar-refractivity contribution in [1.82, 2.24) is 10.2 Å². The van der Waals surface area contributed by atoms with Crippen LogP contribution in [0.2, 0.25) is 0 Å². The molecule has 19 heavy (non-hydrogen) atoms. The molecule has 5 heteroatoms. The summed E-state index contributed by atoms with van der Waals surface area (Å²) in [5.41, 5.74) is 0. The Hall–Kier alpha value is -1.26. The first kappa shape index (κ1) is 14.2. The zero-order chi connectivity index (χ0) is 13.8. The highest BCUT2D eigenvalue weighted by Gasteiger charge is 2.39. The van der Waals surface area contributed by atoms with E-state index < -0.39 is 5.97 Å². The maximum Gasteiger partial charge on any atom is 0.317 e. The summed E-state index contributed by atoms with van der Waals surface area (Å²) < 4.78 is 0. The van der Waals surface area contributed by atoms with Crippen molar-refractivity contribution in [1.29, 1.82) is 0 Å². The molecule has 2 saturated carbocycles. The number of carboxylic acid groups (broad SMARTS) is 1. The lowest BCUT2D eigenvalue weighted by molar-refractivity contribution is -0.137. The van der Waals surface area contributed by atoms with Crippen molar-refractivity contribution in [3.63, 3.8) is 0 Å². The van der Waals surface area contributed by atoms with Crippen LogP contribution in [-0.4, -0.2) is 42.1 Å². The first-order valence-electron chi connectivity index (χ1n) is 7.27. The highest BCUT2D eigenvalue weighted by Crippen LogP contribution is 2.48. The van der Waals surface area contributed by atoms with Gasteiger partial charge in [-0.1, -0.05) is 6.42 Å². The lowest BCUT2D eigenvalue weighted by Gasteiger charge is -2.27. The Balaban J connectivity index is 1.63. The number of aliphatic carboxylic acids is 1. The van der Waals surface area contributed by atoms with Gasteiger partial charge in [0.25, 0.3) is 0 Å². The van der Waals surface area contributed by atoms with Crippen LogP contribution in [0.25, 0.3) is 0 Å². The van der Waals surface area contributed by atoms with Crippen LogP contribution < -0.4 is 5.32 Å². The zero-order valence-electron chi connectivity index (χ0n) is 11.6. The van der Waals surface area contributed by atoms with Gasteiger partial charge in [-0.25, -0.2) is 4.79 Å². The summed E-state index contributed by atoms with van der Waals surface area (Å²) in [6, 6.07) is -0.0758. The van der Waals surface area contributed by atoms with Gasteiger partial charge in [-0.3, -0.25) is 4.79 Å². The minimum atomic E-state index is -0.815. The van der Waals surface area contributed by atoms with Crippen molar-refractivity contribution in [2.24, 2.45) is 17.8 Å². The lowest BCUT2D eigenvalue weighted by atomic mass is 9.88. The van der Waals surface area contributed by atoms with Crippen LogP contribution in [0.4, 0.5) is 4.79 Å². The molecule has 0 heterocycles. The molecule has 2 aliphatic carbocycles. The highest BCUT2D eigenvalue weighted by atomic mass is 16.4. The van der Waals surface area contributed by atoms with E-state index in [4.69, 9.17) is 5.11 Å². The number of hydrogen-bond acceptors (Lipinski definition) is 2. The standard InChI is InChI=1S/C14H24N2O3/c1-16(14(19)15-6-2-3-13(17)18)9-12-8-10-4-5-11(12)7-10/h10-12H,2-9H2,1H3,(H,15,19)(H,17,18). The molecule has 3 unspecified atom stereocenters. The van der Waals surface area contributed by atoms with Gasteiger partial charge in [0.1, 0.15) is 0 Å². The molecule has 5 nitrogen and oxygen atoms in total. The number of nitrogens with zero attached hydrogens (tertiary/aromatic N) is 1. The summed E-state index contributed by atoms with van der Waals surface area (Å²) in [5, 5.41) is 11.3. The Morgan fingerprint density at radius 3 is 2.68 bits per heavy atom. The number of urea groups is 1. The lowest BCUT2D eigenvalue weighted by Crippen LogP contribution is -2.41. The summed E-state index contributed by atoms with van der Waals surface area (Å²) in [4.78, 5) is 24.0. The predicted octanol–water partition coefficient (Wildman–Crippen LogP) is 1.93. The predicted molar refractivity (Wildman–Crippen MR) is 71.8 cm³/mol. The second-order valence-corrected chi connectivity index (χ2v) is 6.04. The van der Waals surface area contributed by atoms with Gasteiger partial charge in [0.05, 0.1) is 0 Å². The molecule has 2 N–H and O–H groups in total. The number of fused-ring (bicyclic) bond motifs is 2. The molecular formula is C14H24N2O3. The molecule has 3 atom stereocenters. The molecule has 2 bridgehead atoms. The second-order valence-electron chi connectivity index (χ2n) is 6.04. The monoisotopic (exact) mass is 268 g/mol. The summed E-state index contributed by atoms with van der Waals surface area (Å²) in [6.07, 6.45) is 5.95. The maximum atomic E-state index is 11.8. The van der Waals surface area contributed by atoms with Crippen LogP contribution in [0.3, 0.4) is 0 Å². The van der Waals surface area contributed by atoms with Crippen LogP contribution in [-0.2, 0) is 4.79 Å². The molecule has 2 fully saturated rings. The fourth-order valence-corrected chi connectivity index (χ4v) is 3.60. The second kappa shape index (κ2) is 6.26. The summed E-state index contributed by atoms with van der Waals surface area (Å²) >= 11 is 0. The third-order valence-corrected chi connectivity index (χ3v) is 4.58. The SMILES string of the molecule is CN(CC1CC2CCC1C2)C(=O)NCCCC(=O)O. The van der Waals surface area contributed by atoms with Crippen LogP contribution in [0.1, 0.15) is 38.5 Å². The number of carboxylic acids is 1. The quantitative estimate of drug-likeness (QED) is 0.723. The third-order valence-electron chi connectivity index (χ3n) is 4.58. The van der Waals surface area contributed by atoms with E-state index in [9.17, 15) is 9.59 Å². The zero-order valence-corrected chi connectivity index (χ0v) is 11.6. The van der Waals surface area contributed by atoms with Crippen LogP contribution in [0.5, 0.6) is 0 Å². The average Bonchev–Trinajstić information content (AvgIpc) is 2.96. The molecule has 2 amide bonds. The number of rotatable bonds is 6. The van der Waals surface area contributed by atoms with Crippen molar-refractivity contribution in [2.75, 3.05) is 20.1 Å². The van der Waals surface area contributed by atoms with Crippen molar-refractivity contribution in [3.05, 3.63) is 0 Å². The van der Waals surface area contributed by atoms with Crippen LogP contribution in [0.15, 0.2) is 0 Å². The van der Waals surface area contributed by atoms with Gasteiger partial charge < -0.3 is 15.3 Å². The third kappa shape index (κ3) is 3.85. The minimum absolute atomic E-state index is 0.0758. The smallest absolute Gasteiger partial charge is 0.317 e. The number of hydrogen-bond donors (Lipinski definition) is 2. The van der Waals surface area contributed by atoms with Gasteiger partial charge in [0, 0.05) is 26.6 Å². The van der Waals surface area contributed by atoms with E-state index >= 15 is 0 Å². The largest absolute Gasteiger partial charge is 0.481 e. The van der Waals surface area contributed by atoms with E-state index in [1.165, 1.54) is 25.7 Å². The fourth-order valence-electron chi connectivity index (χ4n) is 3.60. The number of carbonyl (C=O) groups excluding carboxylic acids is 1. The van der Waals surface area contributed by atoms with Gasteiger partial charge in [0.2, 0.25) is 0 Å². The Labute approximate surface area is 114 Å². The molecule has 0 aromatic rings. The Kier molecular flexibility index (Phi) is 4.66. The Morgan fingerprint density at radius 1 is 1.32 bits per heavy atom. The maximum absolute atomic E-state index is 11.8. The highest BCUT2D eigenvalue weighted by molar-refractivity contribution is 5.74. The van der Waals surface area contributed by atoms with Gasteiger partial charge >= 0.3 is 12.0 Å². The average molecular weight is 268 g/mol. The summed E-state index contributed by atoms with van der Waals surface area (Å²) in [7, 11) is 1.83. The van der Waals surface area contributed by atoms with Crippen molar-refractivity contribution in [3.8, 4) is 0 Å². The number of nitrogens with one attached hydrogen (secondary N) is 1. The number of carbonyl (C=O) groups is 2. The first-order valence-corrected chi connectivity index (χ1v) is 7.27. The molecule has 0 aliphatic heterocycles. The molecule has 0 radical (unpaired) electrons. The topological polar surface area (TPSA) is 69.6 Å². The van der Waals surface area contributed by atoms with E-state index in [1.807, 2.05) is 7.05 Å². The summed E-state index contributed by atoms with van der Waals surface area (Å²) in [6.45, 7) is 1.28. The Morgan fingerprint density at radius 2 is 2.11 bits per heavy atom. The molecule has 108 valence electrons. The normalized spacial score (nSPS) is 28.4. The molecule has 0 saturated heterocycles. The minimum Gasteiger partial charge on any atom is -0.481 e. The molecular weight excluding hydrogens is 244 g/mol. The molecule has 0 aromatic heterocycles. The van der Waals surface area contributed by atoms with Gasteiger partial charge in [-0.15, -0.1) is 0 Å². The van der Waals surface area contributed by atoms with Gasteiger partial charge in [0.15, 0.2) is 0 Å². The Bertz CT molecular complexity index is 346. The van der Waals surface area contributed by atoms with Crippen molar-refractivity contribution < 1.29 is 14.7 Å². The van der Waals surface area contributed by atoms with E-state index in [2.05, 4.69) is 5.32 Å². The van der Waals surface area contributed by atoms with E-state index in [1.54, 1.807) is 4.90 Å². The fraction of sp³-hybridized carbons (Fsp3) is 0.857. The van der Waals surface area contributed by atoms with Gasteiger partial charge in [-0.05, 0) is 43.4 Å². The van der Waals surface area contributed by atoms with E-state index in [0.29, 0.717) is 18.9 Å². The van der Waals surface area contributed by atoms with Gasteiger partial charge in [-0.2, -0.15) is 0 Å².